The fourth-order valence-corrected chi connectivity index (χ4v) is 3.75. The highest BCUT2D eigenvalue weighted by Gasteiger charge is 2.14. The second kappa shape index (κ2) is 12.8. The topological polar surface area (TPSA) is 72.0 Å². The molecular weight excluding hydrogens is 350 g/mol. The zero-order chi connectivity index (χ0) is 18.5. The van der Waals surface area contributed by atoms with Gasteiger partial charge < -0.3 is 20.1 Å². The minimum absolute atomic E-state index is 0.286. The molecule has 0 aromatic heterocycles. The molecule has 1 aromatic rings. The summed E-state index contributed by atoms with van der Waals surface area (Å²) < 4.78 is 23.3. The van der Waals surface area contributed by atoms with Crippen molar-refractivity contribution in [2.75, 3.05) is 45.7 Å². The van der Waals surface area contributed by atoms with Gasteiger partial charge >= 0.3 is 0 Å². The Bertz CT molecular complexity index is 548. The van der Waals surface area contributed by atoms with E-state index in [2.05, 4.69) is 15.6 Å². The van der Waals surface area contributed by atoms with E-state index in [1.807, 2.05) is 30.3 Å². The van der Waals surface area contributed by atoms with Crippen molar-refractivity contribution in [2.45, 2.75) is 31.1 Å². The molecular formula is C19H31N3O3S. The lowest BCUT2D eigenvalue weighted by molar-refractivity contribution is 0.0168. The van der Waals surface area contributed by atoms with E-state index >= 15 is 0 Å². The van der Waals surface area contributed by atoms with E-state index in [4.69, 9.17) is 9.47 Å². The molecule has 0 bridgehead atoms. The van der Waals surface area contributed by atoms with Crippen molar-refractivity contribution in [1.82, 2.24) is 10.6 Å². The first-order valence-corrected chi connectivity index (χ1v) is 10.8. The molecule has 26 heavy (non-hydrogen) atoms. The first kappa shape index (κ1) is 20.9. The van der Waals surface area contributed by atoms with Gasteiger partial charge in [0.2, 0.25) is 0 Å². The van der Waals surface area contributed by atoms with Crippen molar-refractivity contribution in [1.29, 1.82) is 0 Å². The molecule has 1 aliphatic rings. The number of guanidine groups is 1. The summed E-state index contributed by atoms with van der Waals surface area (Å²) in [5.74, 6) is 1.93. The average molecular weight is 382 g/mol. The Morgan fingerprint density at radius 3 is 2.85 bits per heavy atom. The number of aliphatic imine (C=N–C) groups is 1. The van der Waals surface area contributed by atoms with Crippen LogP contribution in [0.4, 0.5) is 0 Å². The molecule has 1 aliphatic heterocycles. The summed E-state index contributed by atoms with van der Waals surface area (Å²) in [7, 11) is 0.862. The summed E-state index contributed by atoms with van der Waals surface area (Å²) in [6, 6.07) is 9.93. The van der Waals surface area contributed by atoms with Crippen LogP contribution in [0.25, 0.3) is 0 Å². The van der Waals surface area contributed by atoms with Gasteiger partial charge in [0.15, 0.2) is 5.96 Å². The Labute approximate surface area is 159 Å². The maximum absolute atomic E-state index is 12.1. The minimum atomic E-state index is -0.878. The molecule has 0 aliphatic carbocycles. The van der Waals surface area contributed by atoms with Crippen molar-refractivity contribution in [3.63, 3.8) is 0 Å². The zero-order valence-corrected chi connectivity index (χ0v) is 16.4. The molecule has 7 heteroatoms. The molecule has 146 valence electrons. The largest absolute Gasteiger partial charge is 0.379 e. The van der Waals surface area contributed by atoms with Gasteiger partial charge in [-0.3, -0.25) is 9.20 Å². The number of benzene rings is 1. The Morgan fingerprint density at radius 2 is 2.12 bits per heavy atom. The standard InChI is InChI=1S/C19H31N3O3S/c1-20-19(21-10-6-12-24-15-18-9-5-13-25-18)22-11-14-26(23)16-17-7-3-2-4-8-17/h2-4,7-8,18H,5-6,9-16H2,1H3,(H2,20,21,22). The van der Waals surface area contributed by atoms with Crippen LogP contribution in [0.5, 0.6) is 0 Å². The van der Waals surface area contributed by atoms with Gasteiger partial charge in [0, 0.05) is 55.7 Å². The minimum Gasteiger partial charge on any atom is -0.379 e. The average Bonchev–Trinajstić information content (AvgIpc) is 3.17. The van der Waals surface area contributed by atoms with E-state index in [0.717, 1.165) is 43.9 Å². The van der Waals surface area contributed by atoms with Crippen LogP contribution < -0.4 is 10.6 Å². The van der Waals surface area contributed by atoms with Crippen LogP contribution in [0.1, 0.15) is 24.8 Å². The quantitative estimate of drug-likeness (QED) is 0.347. The fourth-order valence-electron chi connectivity index (χ4n) is 2.71. The van der Waals surface area contributed by atoms with Gasteiger partial charge in [-0.05, 0) is 24.8 Å². The zero-order valence-electron chi connectivity index (χ0n) is 15.6. The van der Waals surface area contributed by atoms with E-state index in [9.17, 15) is 4.21 Å². The molecule has 1 heterocycles. The third-order valence-electron chi connectivity index (χ3n) is 4.10. The molecule has 2 rings (SSSR count). The van der Waals surface area contributed by atoms with Crippen molar-refractivity contribution >= 4 is 16.8 Å². The smallest absolute Gasteiger partial charge is 0.191 e. The van der Waals surface area contributed by atoms with Crippen LogP contribution in [0.2, 0.25) is 0 Å². The fraction of sp³-hybridized carbons (Fsp3) is 0.632. The number of nitrogens with one attached hydrogen (secondary N) is 2. The predicted octanol–water partition coefficient (Wildman–Crippen LogP) is 1.69. The van der Waals surface area contributed by atoms with Crippen molar-refractivity contribution in [3.05, 3.63) is 35.9 Å². The van der Waals surface area contributed by atoms with Crippen LogP contribution in [0, 0.1) is 0 Å². The van der Waals surface area contributed by atoms with E-state index in [0.29, 0.717) is 31.3 Å². The third kappa shape index (κ3) is 8.78. The summed E-state index contributed by atoms with van der Waals surface area (Å²) in [6.45, 7) is 3.70. The number of rotatable bonds is 11. The van der Waals surface area contributed by atoms with E-state index in [1.54, 1.807) is 7.05 Å². The first-order chi connectivity index (χ1) is 12.8. The first-order valence-electron chi connectivity index (χ1n) is 9.30. The van der Waals surface area contributed by atoms with Crippen LogP contribution in [-0.2, 0) is 26.0 Å². The Hall–Kier alpha value is -1.44. The monoisotopic (exact) mass is 381 g/mol. The highest BCUT2D eigenvalue weighted by Crippen LogP contribution is 2.11. The highest BCUT2D eigenvalue weighted by molar-refractivity contribution is 7.84. The lowest BCUT2D eigenvalue weighted by Gasteiger charge is -2.13. The van der Waals surface area contributed by atoms with Crippen LogP contribution in [-0.4, -0.2) is 62.0 Å². The van der Waals surface area contributed by atoms with Crippen molar-refractivity contribution < 1.29 is 13.7 Å². The van der Waals surface area contributed by atoms with Gasteiger partial charge in [-0.25, -0.2) is 0 Å². The maximum atomic E-state index is 12.1. The van der Waals surface area contributed by atoms with E-state index in [-0.39, 0.29) is 6.10 Å². The third-order valence-corrected chi connectivity index (χ3v) is 5.42. The number of ether oxygens (including phenoxy) is 2. The summed E-state index contributed by atoms with van der Waals surface area (Å²) >= 11 is 0. The lowest BCUT2D eigenvalue weighted by Crippen LogP contribution is -2.39. The number of hydrogen-bond donors (Lipinski definition) is 2. The molecule has 2 atom stereocenters. The molecule has 2 N–H and O–H groups in total. The van der Waals surface area contributed by atoms with Gasteiger partial charge in [-0.2, -0.15) is 0 Å². The van der Waals surface area contributed by atoms with Crippen molar-refractivity contribution in [2.24, 2.45) is 4.99 Å². The predicted molar refractivity (Wildman–Crippen MR) is 107 cm³/mol. The second-order valence-electron chi connectivity index (χ2n) is 6.26. The summed E-state index contributed by atoms with van der Waals surface area (Å²) in [5.41, 5.74) is 1.11. The molecule has 0 spiro atoms. The molecule has 6 nitrogen and oxygen atoms in total. The van der Waals surface area contributed by atoms with Gasteiger partial charge in [0.1, 0.15) is 0 Å². The van der Waals surface area contributed by atoms with Gasteiger partial charge in [-0.15, -0.1) is 0 Å². The van der Waals surface area contributed by atoms with Crippen LogP contribution in [0.3, 0.4) is 0 Å². The van der Waals surface area contributed by atoms with Gasteiger partial charge in [0.05, 0.1) is 12.7 Å². The molecule has 0 amide bonds. The highest BCUT2D eigenvalue weighted by atomic mass is 32.2. The van der Waals surface area contributed by atoms with Gasteiger partial charge in [0.25, 0.3) is 0 Å². The SMILES string of the molecule is CN=C(NCCCOCC1CCCO1)NCCS(=O)Cc1ccccc1. The number of nitrogens with zero attached hydrogens (tertiary/aromatic N) is 1. The Morgan fingerprint density at radius 1 is 1.31 bits per heavy atom. The maximum Gasteiger partial charge on any atom is 0.191 e. The molecule has 0 radical (unpaired) electrons. The molecule has 1 fully saturated rings. The van der Waals surface area contributed by atoms with Gasteiger partial charge in [-0.1, -0.05) is 30.3 Å². The lowest BCUT2D eigenvalue weighted by atomic mass is 10.2. The van der Waals surface area contributed by atoms with E-state index < -0.39 is 10.8 Å². The summed E-state index contributed by atoms with van der Waals surface area (Å²) in [4.78, 5) is 4.18. The molecule has 0 saturated carbocycles. The number of hydrogen-bond acceptors (Lipinski definition) is 4. The molecule has 1 saturated heterocycles. The Kier molecular flexibility index (Phi) is 10.3. The Balaban J connectivity index is 1.48. The normalized spacial score (nSPS) is 18.7. The van der Waals surface area contributed by atoms with Crippen LogP contribution in [0.15, 0.2) is 35.3 Å². The van der Waals surface area contributed by atoms with Crippen LogP contribution >= 0.6 is 0 Å². The summed E-state index contributed by atoms with van der Waals surface area (Å²) in [5, 5.41) is 6.46. The van der Waals surface area contributed by atoms with Crippen molar-refractivity contribution in [3.8, 4) is 0 Å². The van der Waals surface area contributed by atoms with E-state index in [1.165, 1.54) is 0 Å². The summed E-state index contributed by atoms with van der Waals surface area (Å²) in [6.07, 6.45) is 3.45. The second-order valence-corrected chi connectivity index (χ2v) is 7.84. The molecule has 2 unspecified atom stereocenters. The molecule has 1 aromatic carbocycles.